The predicted molar refractivity (Wildman–Crippen MR) is 113 cm³/mol. The molecule has 0 atom stereocenters. The average molecular weight is 441 g/mol. The lowest BCUT2D eigenvalue weighted by molar-refractivity contribution is -0.148. The molecule has 0 amide bonds. The number of benzene rings is 3. The lowest BCUT2D eigenvalue weighted by Crippen LogP contribution is -2.17. The summed E-state index contributed by atoms with van der Waals surface area (Å²) < 4.78 is 0. The van der Waals surface area contributed by atoms with Crippen LogP contribution in [-0.2, 0) is 25.6 Å². The Morgan fingerprint density at radius 3 is 1.90 bits per heavy atom. The van der Waals surface area contributed by atoms with E-state index in [1.54, 1.807) is 48.5 Å². The van der Waals surface area contributed by atoms with Gasteiger partial charge in [0.2, 0.25) is 11.6 Å². The number of ketones is 3. The minimum absolute atomic E-state index is 0.0908. The molecule has 0 heterocycles. The largest absolute Gasteiger partial charge is 0.475 e. The number of hydrogen-bond acceptors (Lipinski definition) is 5. The van der Waals surface area contributed by atoms with Gasteiger partial charge in [-0.25, -0.2) is 9.59 Å². The van der Waals surface area contributed by atoms with E-state index in [2.05, 4.69) is 0 Å². The Balaban J connectivity index is 0.000000233. The van der Waals surface area contributed by atoms with Crippen LogP contribution in [0.2, 0.25) is 5.02 Å². The molecule has 0 bridgehead atoms. The van der Waals surface area contributed by atoms with Gasteiger partial charge in [-0.05, 0) is 28.5 Å². The molecular weight excluding hydrogens is 424 g/mol. The first-order valence-corrected chi connectivity index (χ1v) is 9.34. The Bertz CT molecular complexity index is 1140. The van der Waals surface area contributed by atoms with E-state index < -0.39 is 35.7 Å². The van der Waals surface area contributed by atoms with Crippen molar-refractivity contribution in [2.24, 2.45) is 0 Å². The third-order valence-electron chi connectivity index (χ3n) is 4.17. The number of carboxylic acid groups (broad SMARTS) is 2. The van der Waals surface area contributed by atoms with Crippen LogP contribution in [0.15, 0.2) is 66.7 Å². The molecule has 0 spiro atoms. The van der Waals surface area contributed by atoms with E-state index in [9.17, 15) is 24.0 Å². The van der Waals surface area contributed by atoms with Crippen molar-refractivity contribution in [3.8, 4) is 0 Å². The highest BCUT2D eigenvalue weighted by atomic mass is 35.5. The van der Waals surface area contributed by atoms with E-state index in [0.29, 0.717) is 16.1 Å². The van der Waals surface area contributed by atoms with Crippen molar-refractivity contribution in [2.75, 3.05) is 0 Å². The molecule has 0 fully saturated rings. The van der Waals surface area contributed by atoms with Crippen LogP contribution in [0.5, 0.6) is 0 Å². The number of hydrogen-bond donors (Lipinski definition) is 2. The summed E-state index contributed by atoms with van der Waals surface area (Å²) in [4.78, 5) is 54.3. The third kappa shape index (κ3) is 6.87. The topological polar surface area (TPSA) is 126 Å². The van der Waals surface area contributed by atoms with Gasteiger partial charge in [0.1, 0.15) is 0 Å². The van der Waals surface area contributed by atoms with Crippen molar-refractivity contribution < 1.29 is 34.2 Å². The van der Waals surface area contributed by atoms with Gasteiger partial charge in [0.25, 0.3) is 0 Å². The van der Waals surface area contributed by atoms with E-state index in [0.717, 1.165) is 10.8 Å². The Morgan fingerprint density at radius 1 is 0.710 bits per heavy atom. The van der Waals surface area contributed by atoms with Crippen molar-refractivity contribution in [3.63, 3.8) is 0 Å². The van der Waals surface area contributed by atoms with Crippen molar-refractivity contribution in [3.05, 3.63) is 82.9 Å². The van der Waals surface area contributed by atoms with E-state index in [-0.39, 0.29) is 6.42 Å². The van der Waals surface area contributed by atoms with Crippen molar-refractivity contribution in [1.29, 1.82) is 0 Å². The highest BCUT2D eigenvalue weighted by molar-refractivity contribution is 6.38. The molecule has 0 aromatic heterocycles. The Labute approximate surface area is 181 Å². The number of rotatable bonds is 7. The van der Waals surface area contributed by atoms with Crippen molar-refractivity contribution >= 4 is 51.7 Å². The quantitative estimate of drug-likeness (QED) is 0.326. The zero-order chi connectivity index (χ0) is 23.0. The molecule has 158 valence electrons. The highest BCUT2D eigenvalue weighted by Gasteiger charge is 2.19. The van der Waals surface area contributed by atoms with Gasteiger partial charge in [0.05, 0.1) is 6.42 Å². The molecule has 0 saturated heterocycles. The molecule has 3 rings (SSSR count). The number of fused-ring (bicyclic) bond motifs is 1. The smallest absolute Gasteiger partial charge is 0.372 e. The maximum atomic E-state index is 11.9. The van der Waals surface area contributed by atoms with Gasteiger partial charge in [0, 0.05) is 17.0 Å². The second kappa shape index (κ2) is 10.8. The third-order valence-corrected chi connectivity index (χ3v) is 4.42. The van der Waals surface area contributed by atoms with Crippen molar-refractivity contribution in [2.45, 2.75) is 12.8 Å². The highest BCUT2D eigenvalue weighted by Crippen LogP contribution is 2.19. The van der Waals surface area contributed by atoms with Crippen LogP contribution < -0.4 is 0 Å². The van der Waals surface area contributed by atoms with Gasteiger partial charge >= 0.3 is 11.9 Å². The molecule has 31 heavy (non-hydrogen) atoms. The summed E-state index contributed by atoms with van der Waals surface area (Å²) in [5, 5.41) is 19.0. The standard InChI is InChI=1S/C14H10O4.C9H7ClO3/c15-12(8-13(16)14(17)18)11-7-3-5-9-4-1-2-6-10(9)11;10-7-3-1-6(2-4-7)5-8(11)9(12)13/h1-7H,8H2,(H,17,18);1-4H,5H2,(H,12,13). The van der Waals surface area contributed by atoms with Gasteiger partial charge < -0.3 is 10.2 Å². The predicted octanol–water partition coefficient (Wildman–Crippen LogP) is 3.60. The fourth-order valence-corrected chi connectivity index (χ4v) is 2.77. The second-order valence-corrected chi connectivity index (χ2v) is 6.82. The number of halogens is 1. The van der Waals surface area contributed by atoms with Gasteiger partial charge in [0.15, 0.2) is 5.78 Å². The average Bonchev–Trinajstić information content (AvgIpc) is 2.75. The minimum Gasteiger partial charge on any atom is -0.475 e. The molecule has 8 heteroatoms. The maximum Gasteiger partial charge on any atom is 0.372 e. The summed E-state index contributed by atoms with van der Waals surface area (Å²) in [5.41, 5.74) is 1.03. The SMILES string of the molecule is O=C(O)C(=O)CC(=O)c1cccc2ccccc12.O=C(O)C(=O)Cc1ccc(Cl)cc1. The second-order valence-electron chi connectivity index (χ2n) is 6.39. The summed E-state index contributed by atoms with van der Waals surface area (Å²) in [6.07, 6.45) is -0.699. The Hall–Kier alpha value is -3.84. The molecule has 7 nitrogen and oxygen atoms in total. The normalized spacial score (nSPS) is 9.97. The number of carbonyl (C=O) groups is 5. The zero-order valence-electron chi connectivity index (χ0n) is 16.1. The first-order chi connectivity index (χ1) is 14.7. The molecule has 0 aliphatic carbocycles. The fourth-order valence-electron chi connectivity index (χ4n) is 2.65. The summed E-state index contributed by atoms with van der Waals surface area (Å²) >= 11 is 5.61. The Kier molecular flexibility index (Phi) is 8.16. The zero-order valence-corrected chi connectivity index (χ0v) is 16.8. The number of Topliss-reactive ketones (excluding diaryl/α,β-unsaturated/α-hetero) is 3. The van der Waals surface area contributed by atoms with E-state index >= 15 is 0 Å². The lowest BCUT2D eigenvalue weighted by atomic mass is 9.99. The van der Waals surface area contributed by atoms with Crippen LogP contribution in [0.4, 0.5) is 0 Å². The molecule has 0 aliphatic rings. The minimum atomic E-state index is -1.58. The summed E-state index contributed by atoms with van der Waals surface area (Å²) in [6, 6.07) is 18.9. The summed E-state index contributed by atoms with van der Waals surface area (Å²) in [5.74, 6) is -5.37. The molecule has 3 aromatic carbocycles. The molecular formula is C23H17ClO7. The molecule has 2 N–H and O–H groups in total. The monoisotopic (exact) mass is 440 g/mol. The lowest BCUT2D eigenvalue weighted by Gasteiger charge is -2.04. The number of aliphatic carboxylic acids is 2. The summed E-state index contributed by atoms with van der Waals surface area (Å²) in [6.45, 7) is 0. The maximum absolute atomic E-state index is 11.9. The van der Waals surface area contributed by atoms with E-state index in [1.165, 1.54) is 0 Å². The van der Waals surface area contributed by atoms with Gasteiger partial charge in [-0.2, -0.15) is 0 Å². The van der Waals surface area contributed by atoms with Crippen LogP contribution in [0.3, 0.4) is 0 Å². The van der Waals surface area contributed by atoms with Gasteiger partial charge in [-0.1, -0.05) is 66.2 Å². The van der Waals surface area contributed by atoms with Crippen LogP contribution >= 0.6 is 11.6 Å². The first kappa shape index (κ1) is 23.4. The van der Waals surface area contributed by atoms with Crippen molar-refractivity contribution in [1.82, 2.24) is 0 Å². The van der Waals surface area contributed by atoms with Crippen LogP contribution in [0.1, 0.15) is 22.3 Å². The molecule has 3 aromatic rings. The first-order valence-electron chi connectivity index (χ1n) is 8.96. The molecule has 0 aliphatic heterocycles. The molecule has 0 unspecified atom stereocenters. The van der Waals surface area contributed by atoms with Crippen LogP contribution in [0, 0.1) is 0 Å². The number of carbonyl (C=O) groups excluding carboxylic acids is 3. The van der Waals surface area contributed by atoms with Gasteiger partial charge in [-0.15, -0.1) is 0 Å². The molecule has 0 saturated carbocycles. The van der Waals surface area contributed by atoms with Crippen LogP contribution in [0.25, 0.3) is 10.8 Å². The van der Waals surface area contributed by atoms with E-state index in [1.807, 2.05) is 18.2 Å². The van der Waals surface area contributed by atoms with E-state index in [4.69, 9.17) is 21.8 Å². The van der Waals surface area contributed by atoms with Crippen LogP contribution in [-0.4, -0.2) is 39.5 Å². The molecule has 0 radical (unpaired) electrons. The van der Waals surface area contributed by atoms with Gasteiger partial charge in [-0.3, -0.25) is 14.4 Å². The Morgan fingerprint density at radius 2 is 1.29 bits per heavy atom. The number of carboxylic acids is 2. The summed E-state index contributed by atoms with van der Waals surface area (Å²) in [7, 11) is 0. The fraction of sp³-hybridized carbons (Fsp3) is 0.0870.